The molecule has 1 aromatic carbocycles. The molecule has 10 nitrogen and oxygen atoms in total. The summed E-state index contributed by atoms with van der Waals surface area (Å²) in [6.07, 6.45) is 3.04. The number of nitrogens with zero attached hydrogens (tertiary/aromatic N) is 5. The van der Waals surface area contributed by atoms with Crippen LogP contribution in [0.25, 0.3) is 22.8 Å². The molecule has 1 aliphatic heterocycles. The molecule has 1 fully saturated rings. The average Bonchev–Trinajstić information content (AvgIpc) is 3.28. The summed E-state index contributed by atoms with van der Waals surface area (Å²) in [5, 5.41) is 7.35. The van der Waals surface area contributed by atoms with Crippen LogP contribution < -0.4 is 11.5 Å². The minimum Gasteiger partial charge on any atom is -0.444 e. The maximum absolute atomic E-state index is 12.5. The van der Waals surface area contributed by atoms with Crippen LogP contribution in [-0.4, -0.2) is 54.8 Å². The van der Waals surface area contributed by atoms with Gasteiger partial charge in [0.25, 0.3) is 0 Å². The van der Waals surface area contributed by atoms with E-state index in [1.165, 1.54) is 0 Å². The summed E-state index contributed by atoms with van der Waals surface area (Å²) in [6.45, 7) is 7.18. The predicted molar refractivity (Wildman–Crippen MR) is 125 cm³/mol. The average molecular weight is 451 g/mol. The van der Waals surface area contributed by atoms with Crippen LogP contribution in [0.15, 0.2) is 30.5 Å². The van der Waals surface area contributed by atoms with Crippen LogP contribution in [0, 0.1) is 0 Å². The Kier molecular flexibility index (Phi) is 6.28. The van der Waals surface area contributed by atoms with Gasteiger partial charge in [-0.1, -0.05) is 18.2 Å². The van der Waals surface area contributed by atoms with Crippen LogP contribution in [0.2, 0.25) is 0 Å². The zero-order valence-corrected chi connectivity index (χ0v) is 19.2. The summed E-state index contributed by atoms with van der Waals surface area (Å²) in [4.78, 5) is 27.9. The number of hydrogen-bond donors (Lipinski definition) is 3. The van der Waals surface area contributed by atoms with Crippen LogP contribution in [0.5, 0.6) is 0 Å². The Labute approximate surface area is 192 Å². The predicted octanol–water partition coefficient (Wildman–Crippen LogP) is 3.08. The monoisotopic (exact) mass is 450 g/mol. The number of benzene rings is 1. The van der Waals surface area contributed by atoms with Crippen LogP contribution in [0.3, 0.4) is 0 Å². The lowest BCUT2D eigenvalue weighted by Crippen LogP contribution is -2.42. The lowest BCUT2D eigenvalue weighted by molar-refractivity contribution is 0.0196. The van der Waals surface area contributed by atoms with Crippen molar-refractivity contribution in [3.05, 3.63) is 41.9 Å². The molecule has 1 amide bonds. The molecule has 1 unspecified atom stereocenters. The normalized spacial score (nSPS) is 16.6. The Morgan fingerprint density at radius 3 is 2.88 bits per heavy atom. The summed E-state index contributed by atoms with van der Waals surface area (Å²) < 4.78 is 5.52. The number of amides is 1. The molecule has 33 heavy (non-hydrogen) atoms. The van der Waals surface area contributed by atoms with Gasteiger partial charge in [0.1, 0.15) is 11.3 Å². The van der Waals surface area contributed by atoms with Gasteiger partial charge in [0.15, 0.2) is 17.5 Å². The molecule has 3 heterocycles. The standard InChI is InChI=1S/C23H30N8O2/c1-23(2,3)33-22(32)31-9-5-8-16(13-31)20-28-21(30-29-20)18-19(25)26-12-17(27-18)15-7-4-6-14(10-15)11-24/h4,6-7,10,12,16H,5,8-9,11,13,24H2,1-3H3,(H2,25,26)(H,28,29,30). The van der Waals surface area contributed by atoms with Gasteiger partial charge in [-0.15, -0.1) is 0 Å². The van der Waals surface area contributed by atoms with E-state index in [1.807, 2.05) is 45.0 Å². The SMILES string of the molecule is CC(C)(C)OC(=O)N1CCCC(c2n[nH]c(-c3nc(-c4cccc(CN)c4)cnc3N)n2)C1. The summed E-state index contributed by atoms with van der Waals surface area (Å²) in [5.74, 6) is 1.32. The number of nitrogens with one attached hydrogen (secondary N) is 1. The lowest BCUT2D eigenvalue weighted by Gasteiger charge is -2.33. The first kappa shape index (κ1) is 22.7. The Hall–Kier alpha value is -3.53. The largest absolute Gasteiger partial charge is 0.444 e. The van der Waals surface area contributed by atoms with Crippen molar-refractivity contribution in [2.45, 2.75) is 51.7 Å². The van der Waals surface area contributed by atoms with Crippen molar-refractivity contribution < 1.29 is 9.53 Å². The summed E-state index contributed by atoms with van der Waals surface area (Å²) in [7, 11) is 0. The first-order valence-electron chi connectivity index (χ1n) is 11.1. The molecule has 1 atom stereocenters. The van der Waals surface area contributed by atoms with Gasteiger partial charge >= 0.3 is 6.09 Å². The highest BCUT2D eigenvalue weighted by atomic mass is 16.6. The number of likely N-dealkylation sites (tertiary alicyclic amines) is 1. The van der Waals surface area contributed by atoms with E-state index in [0.717, 1.165) is 24.0 Å². The third-order valence-corrected chi connectivity index (χ3v) is 5.42. The van der Waals surface area contributed by atoms with Gasteiger partial charge in [-0.3, -0.25) is 5.10 Å². The van der Waals surface area contributed by atoms with Gasteiger partial charge in [-0.05, 0) is 45.2 Å². The molecule has 5 N–H and O–H groups in total. The molecule has 0 radical (unpaired) electrons. The van der Waals surface area contributed by atoms with Gasteiger partial charge in [-0.25, -0.2) is 19.7 Å². The van der Waals surface area contributed by atoms with E-state index in [4.69, 9.17) is 16.2 Å². The zero-order chi connectivity index (χ0) is 23.6. The highest BCUT2D eigenvalue weighted by Crippen LogP contribution is 2.29. The molecular weight excluding hydrogens is 420 g/mol. The van der Waals surface area contributed by atoms with Crippen LogP contribution in [-0.2, 0) is 11.3 Å². The third kappa shape index (κ3) is 5.28. The fourth-order valence-electron chi connectivity index (χ4n) is 3.81. The number of hydrogen-bond acceptors (Lipinski definition) is 8. The number of ether oxygens (including phenoxy) is 1. The number of aromatic amines is 1. The van der Waals surface area contributed by atoms with Crippen LogP contribution in [0.1, 0.15) is 50.9 Å². The smallest absolute Gasteiger partial charge is 0.410 e. The minimum absolute atomic E-state index is 0.00475. The molecule has 2 aromatic heterocycles. The maximum atomic E-state index is 12.5. The number of anilines is 1. The summed E-state index contributed by atoms with van der Waals surface area (Å²) in [5.41, 5.74) is 14.3. The molecule has 0 bridgehead atoms. The van der Waals surface area contributed by atoms with E-state index in [1.54, 1.807) is 11.1 Å². The molecule has 0 aliphatic carbocycles. The second kappa shape index (κ2) is 9.14. The maximum Gasteiger partial charge on any atom is 0.410 e. The number of aromatic nitrogens is 5. The Morgan fingerprint density at radius 2 is 2.12 bits per heavy atom. The van der Waals surface area contributed by atoms with Crippen molar-refractivity contribution >= 4 is 11.9 Å². The molecule has 3 aromatic rings. The van der Waals surface area contributed by atoms with E-state index in [0.29, 0.717) is 42.7 Å². The van der Waals surface area contributed by atoms with E-state index >= 15 is 0 Å². The van der Waals surface area contributed by atoms with Gasteiger partial charge in [0, 0.05) is 31.1 Å². The minimum atomic E-state index is -0.535. The molecule has 0 saturated carbocycles. The third-order valence-electron chi connectivity index (χ3n) is 5.42. The quantitative estimate of drug-likeness (QED) is 0.549. The number of piperidine rings is 1. The van der Waals surface area contributed by atoms with Gasteiger partial charge in [0.05, 0.1) is 11.9 Å². The lowest BCUT2D eigenvalue weighted by atomic mass is 9.98. The topological polar surface area (TPSA) is 149 Å². The molecule has 0 spiro atoms. The number of H-pyrrole nitrogens is 1. The fourth-order valence-corrected chi connectivity index (χ4v) is 3.81. The van der Waals surface area contributed by atoms with Crippen molar-refractivity contribution in [2.75, 3.05) is 18.8 Å². The molecule has 1 saturated heterocycles. The Balaban J connectivity index is 1.55. The fraction of sp³-hybridized carbons (Fsp3) is 0.435. The zero-order valence-electron chi connectivity index (χ0n) is 19.2. The van der Waals surface area contributed by atoms with Crippen LogP contribution in [0.4, 0.5) is 10.6 Å². The van der Waals surface area contributed by atoms with Crippen LogP contribution >= 0.6 is 0 Å². The molecule has 1 aliphatic rings. The number of nitrogens with two attached hydrogens (primary N) is 2. The van der Waals surface area contributed by atoms with Gasteiger partial charge in [0.2, 0.25) is 0 Å². The molecule has 4 rings (SSSR count). The van der Waals surface area contributed by atoms with E-state index in [-0.39, 0.29) is 17.8 Å². The Morgan fingerprint density at radius 1 is 1.30 bits per heavy atom. The summed E-state index contributed by atoms with van der Waals surface area (Å²) >= 11 is 0. The molecule has 10 heteroatoms. The van der Waals surface area contributed by atoms with Gasteiger partial charge in [-0.2, -0.15) is 5.10 Å². The second-order valence-corrected chi connectivity index (χ2v) is 9.20. The number of carbonyl (C=O) groups excluding carboxylic acids is 1. The molecular formula is C23H30N8O2. The van der Waals surface area contributed by atoms with Gasteiger partial charge < -0.3 is 21.1 Å². The van der Waals surface area contributed by atoms with E-state index in [2.05, 4.69) is 25.1 Å². The van der Waals surface area contributed by atoms with Crippen molar-refractivity contribution in [2.24, 2.45) is 5.73 Å². The first-order chi connectivity index (χ1) is 15.7. The highest BCUT2D eigenvalue weighted by Gasteiger charge is 2.30. The van der Waals surface area contributed by atoms with Crippen molar-refractivity contribution in [1.29, 1.82) is 0 Å². The van der Waals surface area contributed by atoms with Crippen molar-refractivity contribution in [3.63, 3.8) is 0 Å². The van der Waals surface area contributed by atoms with E-state index in [9.17, 15) is 4.79 Å². The number of rotatable bonds is 4. The number of carbonyl (C=O) groups is 1. The number of nitrogen functional groups attached to an aromatic ring is 1. The summed E-state index contributed by atoms with van der Waals surface area (Å²) in [6, 6.07) is 7.81. The second-order valence-electron chi connectivity index (χ2n) is 9.20. The molecule has 174 valence electrons. The van der Waals surface area contributed by atoms with Crippen molar-refractivity contribution in [1.82, 2.24) is 30.0 Å². The first-order valence-corrected chi connectivity index (χ1v) is 11.1. The highest BCUT2D eigenvalue weighted by molar-refractivity contribution is 5.69. The van der Waals surface area contributed by atoms with Crippen molar-refractivity contribution in [3.8, 4) is 22.8 Å². The Bertz CT molecular complexity index is 1140. The van der Waals surface area contributed by atoms with E-state index < -0.39 is 5.60 Å².